The van der Waals surface area contributed by atoms with Gasteiger partial charge < -0.3 is 15.7 Å². The number of nitrogens with one attached hydrogen (secondary N) is 2. The fraction of sp³-hybridized carbons (Fsp3) is 0.150. The summed E-state index contributed by atoms with van der Waals surface area (Å²) < 4.78 is 0. The molecule has 2 aromatic carbocycles. The number of aromatic hydroxyl groups is 1. The first-order valence-corrected chi connectivity index (χ1v) is 9.30. The van der Waals surface area contributed by atoms with Gasteiger partial charge in [0.1, 0.15) is 5.75 Å². The summed E-state index contributed by atoms with van der Waals surface area (Å²) in [5.74, 6) is -0.280. The van der Waals surface area contributed by atoms with Crippen molar-refractivity contribution in [3.63, 3.8) is 0 Å². The molecule has 7 heteroatoms. The predicted molar refractivity (Wildman–Crippen MR) is 106 cm³/mol. The summed E-state index contributed by atoms with van der Waals surface area (Å²) in [7, 11) is 0. The van der Waals surface area contributed by atoms with Crippen LogP contribution in [0.1, 0.15) is 23.7 Å². The minimum Gasteiger partial charge on any atom is -0.508 e. The van der Waals surface area contributed by atoms with Crippen molar-refractivity contribution in [2.45, 2.75) is 19.4 Å². The number of hydrogen-bond donors (Lipinski definition) is 3. The monoisotopic (exact) mass is 381 g/mol. The Morgan fingerprint density at radius 2 is 1.93 bits per heavy atom. The Hall–Kier alpha value is -3.19. The maximum absolute atomic E-state index is 12.2. The second-order valence-electron chi connectivity index (χ2n) is 6.08. The van der Waals surface area contributed by atoms with E-state index in [0.717, 1.165) is 5.56 Å². The zero-order valence-corrected chi connectivity index (χ0v) is 15.5. The first-order valence-electron chi connectivity index (χ1n) is 8.42. The van der Waals surface area contributed by atoms with Gasteiger partial charge in [-0.3, -0.25) is 9.59 Å². The van der Waals surface area contributed by atoms with E-state index in [4.69, 9.17) is 0 Å². The highest BCUT2D eigenvalue weighted by Gasteiger charge is 2.14. The molecule has 27 heavy (non-hydrogen) atoms. The Kier molecular flexibility index (Phi) is 5.83. The van der Waals surface area contributed by atoms with Crippen LogP contribution in [0.15, 0.2) is 60.0 Å². The van der Waals surface area contributed by atoms with Gasteiger partial charge in [0.05, 0.1) is 5.69 Å². The first-order chi connectivity index (χ1) is 13.0. The molecule has 0 aliphatic rings. The smallest absolute Gasteiger partial charge is 0.251 e. The number of nitrogens with zero attached hydrogens (tertiary/aromatic N) is 1. The van der Waals surface area contributed by atoms with E-state index in [2.05, 4.69) is 15.6 Å². The lowest BCUT2D eigenvalue weighted by Crippen LogP contribution is -2.35. The predicted octanol–water partition coefficient (Wildman–Crippen LogP) is 3.66. The number of rotatable bonds is 6. The number of carbonyl (C=O) groups excluding carboxylic acids is 2. The average Bonchev–Trinajstić information content (AvgIpc) is 3.10. The third-order valence-electron chi connectivity index (χ3n) is 3.80. The molecule has 6 nitrogen and oxygen atoms in total. The highest BCUT2D eigenvalue weighted by molar-refractivity contribution is 7.14. The van der Waals surface area contributed by atoms with E-state index < -0.39 is 0 Å². The number of carbonyl (C=O) groups is 2. The molecule has 1 atom stereocenters. The molecule has 3 rings (SSSR count). The topological polar surface area (TPSA) is 91.3 Å². The second kappa shape index (κ2) is 8.46. The molecule has 2 amide bonds. The SMILES string of the molecule is CC(CC(=O)Nc1nc(-c2cccc(O)c2)cs1)NC(=O)c1ccccc1. The molecule has 3 aromatic rings. The summed E-state index contributed by atoms with van der Waals surface area (Å²) in [5.41, 5.74) is 2.01. The van der Waals surface area contributed by atoms with E-state index in [1.165, 1.54) is 11.3 Å². The largest absolute Gasteiger partial charge is 0.508 e. The van der Waals surface area contributed by atoms with Gasteiger partial charge in [-0.15, -0.1) is 11.3 Å². The third-order valence-corrected chi connectivity index (χ3v) is 4.56. The van der Waals surface area contributed by atoms with Gasteiger partial charge in [0.15, 0.2) is 5.13 Å². The molecule has 0 radical (unpaired) electrons. The molecule has 0 aliphatic heterocycles. The number of hydrogen-bond acceptors (Lipinski definition) is 5. The Morgan fingerprint density at radius 1 is 1.15 bits per heavy atom. The van der Waals surface area contributed by atoms with Crippen molar-refractivity contribution in [1.82, 2.24) is 10.3 Å². The van der Waals surface area contributed by atoms with Gasteiger partial charge >= 0.3 is 0 Å². The van der Waals surface area contributed by atoms with Gasteiger partial charge in [-0.05, 0) is 31.2 Å². The molecule has 138 valence electrons. The molecule has 0 saturated carbocycles. The van der Waals surface area contributed by atoms with Crippen molar-refractivity contribution in [3.8, 4) is 17.0 Å². The summed E-state index contributed by atoms with van der Waals surface area (Å²) >= 11 is 1.30. The third kappa shape index (κ3) is 5.15. The quantitative estimate of drug-likeness (QED) is 0.608. The van der Waals surface area contributed by atoms with Crippen LogP contribution in [-0.4, -0.2) is 27.9 Å². The zero-order valence-electron chi connectivity index (χ0n) is 14.7. The molecular formula is C20H19N3O3S. The number of benzene rings is 2. The van der Waals surface area contributed by atoms with Gasteiger partial charge in [-0.2, -0.15) is 0 Å². The summed E-state index contributed by atoms with van der Waals surface area (Å²) in [6, 6.07) is 15.3. The van der Waals surface area contributed by atoms with Gasteiger partial charge in [0, 0.05) is 29.0 Å². The Balaban J connectivity index is 1.54. The van der Waals surface area contributed by atoms with Crippen LogP contribution in [-0.2, 0) is 4.79 Å². The number of amides is 2. The van der Waals surface area contributed by atoms with E-state index in [9.17, 15) is 14.7 Å². The maximum atomic E-state index is 12.2. The van der Waals surface area contributed by atoms with Crippen LogP contribution in [0.25, 0.3) is 11.3 Å². The summed E-state index contributed by atoms with van der Waals surface area (Å²) in [5, 5.41) is 17.4. The Labute approximate surface area is 160 Å². The molecule has 1 unspecified atom stereocenters. The maximum Gasteiger partial charge on any atom is 0.251 e. The number of anilines is 1. The number of thiazole rings is 1. The van der Waals surface area contributed by atoms with Crippen molar-refractivity contribution in [1.29, 1.82) is 0 Å². The highest BCUT2D eigenvalue weighted by atomic mass is 32.1. The van der Waals surface area contributed by atoms with Crippen molar-refractivity contribution in [3.05, 3.63) is 65.5 Å². The lowest BCUT2D eigenvalue weighted by atomic mass is 10.1. The van der Waals surface area contributed by atoms with E-state index in [0.29, 0.717) is 16.4 Å². The molecule has 1 heterocycles. The standard InChI is InChI=1S/C20H19N3O3S/c1-13(21-19(26)14-6-3-2-4-7-14)10-18(25)23-20-22-17(12-27-20)15-8-5-9-16(24)11-15/h2-9,11-13,24H,10H2,1H3,(H,21,26)(H,22,23,25). The van der Waals surface area contributed by atoms with Crippen LogP contribution in [0, 0.1) is 0 Å². The summed E-state index contributed by atoms with van der Waals surface area (Å²) in [6.45, 7) is 1.78. The fourth-order valence-electron chi connectivity index (χ4n) is 2.53. The van der Waals surface area contributed by atoms with Gasteiger partial charge in [-0.1, -0.05) is 30.3 Å². The molecular weight excluding hydrogens is 362 g/mol. The fourth-order valence-corrected chi connectivity index (χ4v) is 3.26. The van der Waals surface area contributed by atoms with Crippen molar-refractivity contribution < 1.29 is 14.7 Å². The average molecular weight is 381 g/mol. The van der Waals surface area contributed by atoms with Crippen molar-refractivity contribution in [2.24, 2.45) is 0 Å². The normalized spacial score (nSPS) is 11.6. The van der Waals surface area contributed by atoms with Crippen LogP contribution in [0.5, 0.6) is 5.75 Å². The Morgan fingerprint density at radius 3 is 2.67 bits per heavy atom. The van der Waals surface area contributed by atoms with Crippen LogP contribution in [0.4, 0.5) is 5.13 Å². The van der Waals surface area contributed by atoms with Crippen molar-refractivity contribution in [2.75, 3.05) is 5.32 Å². The van der Waals surface area contributed by atoms with E-state index in [1.54, 1.807) is 49.4 Å². The molecule has 0 fully saturated rings. The molecule has 1 aromatic heterocycles. The van der Waals surface area contributed by atoms with E-state index in [-0.39, 0.29) is 30.0 Å². The molecule has 0 saturated heterocycles. The highest BCUT2D eigenvalue weighted by Crippen LogP contribution is 2.27. The molecule has 0 aliphatic carbocycles. The summed E-state index contributed by atoms with van der Waals surface area (Å²) in [4.78, 5) is 28.7. The van der Waals surface area contributed by atoms with E-state index >= 15 is 0 Å². The Bertz CT molecular complexity index is 940. The first kappa shape index (κ1) is 18.6. The lowest BCUT2D eigenvalue weighted by Gasteiger charge is -2.13. The van der Waals surface area contributed by atoms with Crippen LogP contribution < -0.4 is 10.6 Å². The van der Waals surface area contributed by atoms with Crippen LogP contribution >= 0.6 is 11.3 Å². The number of aromatic nitrogens is 1. The zero-order chi connectivity index (χ0) is 19.2. The molecule has 0 spiro atoms. The van der Waals surface area contributed by atoms with Gasteiger partial charge in [0.25, 0.3) is 5.91 Å². The second-order valence-corrected chi connectivity index (χ2v) is 6.94. The molecule has 3 N–H and O–H groups in total. The minimum atomic E-state index is -0.316. The van der Waals surface area contributed by atoms with Crippen molar-refractivity contribution >= 4 is 28.3 Å². The van der Waals surface area contributed by atoms with Gasteiger partial charge in [0.2, 0.25) is 5.91 Å². The lowest BCUT2D eigenvalue weighted by molar-refractivity contribution is -0.116. The number of phenols is 1. The van der Waals surface area contributed by atoms with Crippen LogP contribution in [0.3, 0.4) is 0 Å². The number of phenolic OH excluding ortho intramolecular Hbond substituents is 1. The van der Waals surface area contributed by atoms with E-state index in [1.807, 2.05) is 17.5 Å². The molecule has 0 bridgehead atoms. The summed E-state index contributed by atoms with van der Waals surface area (Å²) in [6.07, 6.45) is 0.139. The van der Waals surface area contributed by atoms with Gasteiger partial charge in [-0.25, -0.2) is 4.98 Å². The minimum absolute atomic E-state index is 0.139. The van der Waals surface area contributed by atoms with Crippen LogP contribution in [0.2, 0.25) is 0 Å².